The van der Waals surface area contributed by atoms with Crippen molar-refractivity contribution in [1.82, 2.24) is 5.32 Å². The van der Waals surface area contributed by atoms with Crippen molar-refractivity contribution in [3.8, 4) is 0 Å². The van der Waals surface area contributed by atoms with Gasteiger partial charge in [-0.2, -0.15) is 13.2 Å². The normalized spacial score (nSPS) is 18.9. The lowest BCUT2D eigenvalue weighted by atomic mass is 9.97. The predicted molar refractivity (Wildman–Crippen MR) is 199 cm³/mol. The van der Waals surface area contributed by atoms with Crippen LogP contribution in [0.1, 0.15) is 41.4 Å². The van der Waals surface area contributed by atoms with Gasteiger partial charge in [0.05, 0.1) is 55.3 Å². The minimum Gasteiger partial charge on any atom is -0.459 e. The molecule has 0 aliphatic carbocycles. The van der Waals surface area contributed by atoms with E-state index < -0.39 is 73.3 Å². The minimum atomic E-state index is -5.01. The van der Waals surface area contributed by atoms with Gasteiger partial charge in [-0.25, -0.2) is 19.2 Å². The fourth-order valence-corrected chi connectivity index (χ4v) is 5.54. The number of ether oxygens (including phenoxy) is 8. The predicted octanol–water partition coefficient (Wildman–Crippen LogP) is 4.97. The smallest absolute Gasteiger partial charge is 0.459 e. The molecule has 1 heterocycles. The number of amides is 1. The van der Waals surface area contributed by atoms with E-state index in [1.807, 2.05) is 0 Å². The van der Waals surface area contributed by atoms with Gasteiger partial charge in [-0.3, -0.25) is 4.79 Å². The molecular weight excluding hydrogens is 783 g/mol. The molecule has 1 aliphatic rings. The Labute approximate surface area is 336 Å². The maximum atomic E-state index is 13.7. The SMILES string of the molecule is O=C(OCC1O[C@H](OCCOCCOCCNC(=O)C(F)(F)F)[C@H](OC(=O)c2ccccc2)C(OC(=O)c2ccccc2)[C@@H]1OC(=O)c1ccccc1)c1ccccc1. The van der Waals surface area contributed by atoms with E-state index in [9.17, 15) is 37.1 Å². The monoisotopic (exact) mass is 823 g/mol. The van der Waals surface area contributed by atoms with Crippen LogP contribution in [0.25, 0.3) is 0 Å². The Morgan fingerprint density at radius 2 is 0.932 bits per heavy atom. The van der Waals surface area contributed by atoms with Gasteiger partial charge in [0.25, 0.3) is 0 Å². The molecule has 0 saturated carbocycles. The summed E-state index contributed by atoms with van der Waals surface area (Å²) in [6.07, 6.45) is -12.7. The third kappa shape index (κ3) is 13.5. The van der Waals surface area contributed by atoms with Crippen LogP contribution in [-0.2, 0) is 42.7 Å². The van der Waals surface area contributed by atoms with E-state index in [4.69, 9.17) is 37.9 Å². The maximum absolute atomic E-state index is 13.7. The lowest BCUT2D eigenvalue weighted by molar-refractivity contribution is -0.300. The van der Waals surface area contributed by atoms with E-state index in [2.05, 4.69) is 0 Å². The number of carbonyl (C=O) groups excluding carboxylic acids is 5. The number of rotatable bonds is 19. The first-order valence-corrected chi connectivity index (χ1v) is 18.3. The molecule has 1 amide bonds. The Bertz CT molecular complexity index is 1950. The van der Waals surface area contributed by atoms with Crippen LogP contribution in [0.5, 0.6) is 0 Å². The summed E-state index contributed by atoms with van der Waals surface area (Å²) < 4.78 is 83.6. The molecule has 1 saturated heterocycles. The quantitative estimate of drug-likeness (QED) is 0.0765. The Morgan fingerprint density at radius 1 is 0.525 bits per heavy atom. The van der Waals surface area contributed by atoms with Crippen molar-refractivity contribution in [3.05, 3.63) is 144 Å². The number of carbonyl (C=O) groups is 5. The van der Waals surface area contributed by atoms with Gasteiger partial charge >= 0.3 is 36.0 Å². The van der Waals surface area contributed by atoms with E-state index in [1.165, 1.54) is 48.5 Å². The first kappa shape index (κ1) is 44.0. The van der Waals surface area contributed by atoms with E-state index in [-0.39, 0.29) is 61.8 Å². The van der Waals surface area contributed by atoms with Crippen LogP contribution in [0.3, 0.4) is 0 Å². The van der Waals surface area contributed by atoms with E-state index >= 15 is 0 Å². The van der Waals surface area contributed by atoms with Gasteiger partial charge < -0.3 is 43.2 Å². The zero-order valence-corrected chi connectivity index (χ0v) is 31.3. The summed E-state index contributed by atoms with van der Waals surface area (Å²) in [7, 11) is 0. The van der Waals surface area contributed by atoms with Crippen molar-refractivity contribution >= 4 is 29.8 Å². The van der Waals surface area contributed by atoms with E-state index in [0.29, 0.717) is 0 Å². The molecule has 0 bridgehead atoms. The second-order valence-electron chi connectivity index (χ2n) is 12.6. The third-order valence-corrected chi connectivity index (χ3v) is 8.41. The number of halogens is 3. The number of alkyl halides is 3. The summed E-state index contributed by atoms with van der Waals surface area (Å²) >= 11 is 0. The van der Waals surface area contributed by atoms with Crippen molar-refractivity contribution < 1.29 is 75.0 Å². The zero-order valence-electron chi connectivity index (χ0n) is 31.3. The van der Waals surface area contributed by atoms with Crippen LogP contribution in [0.4, 0.5) is 13.2 Å². The van der Waals surface area contributed by atoms with Crippen LogP contribution in [-0.4, -0.2) is 113 Å². The van der Waals surface area contributed by atoms with Gasteiger partial charge in [0.15, 0.2) is 24.6 Å². The Hall–Kier alpha value is -6.14. The molecule has 2 unspecified atom stereocenters. The Balaban J connectivity index is 1.38. The van der Waals surface area contributed by atoms with Gasteiger partial charge in [-0.15, -0.1) is 0 Å². The number of esters is 4. The highest BCUT2D eigenvalue weighted by Crippen LogP contribution is 2.32. The molecular formula is C42H40F3NO13. The van der Waals surface area contributed by atoms with Crippen molar-refractivity contribution in [1.29, 1.82) is 0 Å². The van der Waals surface area contributed by atoms with Crippen molar-refractivity contribution in [2.75, 3.05) is 46.2 Å². The lowest BCUT2D eigenvalue weighted by Gasteiger charge is -2.44. The van der Waals surface area contributed by atoms with Gasteiger partial charge in [0.2, 0.25) is 0 Å². The van der Waals surface area contributed by atoms with Crippen LogP contribution >= 0.6 is 0 Å². The molecule has 59 heavy (non-hydrogen) atoms. The van der Waals surface area contributed by atoms with Gasteiger partial charge in [-0.05, 0) is 48.5 Å². The Kier molecular flexibility index (Phi) is 16.5. The summed E-state index contributed by atoms with van der Waals surface area (Å²) in [5.74, 6) is -5.42. The molecule has 1 aliphatic heterocycles. The Morgan fingerprint density at radius 3 is 1.41 bits per heavy atom. The zero-order chi connectivity index (χ0) is 42.0. The molecule has 312 valence electrons. The van der Waals surface area contributed by atoms with Gasteiger partial charge in [0, 0.05) is 6.54 Å². The second-order valence-corrected chi connectivity index (χ2v) is 12.6. The van der Waals surface area contributed by atoms with Crippen molar-refractivity contribution in [2.45, 2.75) is 36.9 Å². The van der Waals surface area contributed by atoms with E-state index in [1.54, 1.807) is 78.1 Å². The molecule has 0 radical (unpaired) electrons. The highest BCUT2D eigenvalue weighted by Gasteiger charge is 2.53. The molecule has 14 nitrogen and oxygen atoms in total. The molecule has 4 aromatic rings. The molecule has 5 atom stereocenters. The molecule has 17 heteroatoms. The average molecular weight is 824 g/mol. The van der Waals surface area contributed by atoms with Crippen LogP contribution in [0.2, 0.25) is 0 Å². The number of hydrogen-bond acceptors (Lipinski definition) is 13. The highest BCUT2D eigenvalue weighted by molar-refractivity contribution is 5.91. The van der Waals surface area contributed by atoms with Crippen molar-refractivity contribution in [2.24, 2.45) is 0 Å². The third-order valence-electron chi connectivity index (χ3n) is 8.41. The standard InChI is InChI=1S/C42H40F3NO13/c43-42(44,45)41(51)46-21-22-52-23-24-53-25-26-54-40-35(59-39(50)31-19-11-4-12-20-31)34(58-38(49)30-17-9-3-10-18-30)33(57-37(48)29-15-7-2-8-16-29)32(56-40)27-55-36(47)28-13-5-1-6-14-28/h1-20,32-35,40H,21-27H2,(H,46,51)/t32?,33-,34?,35-,40+/m1/s1. The summed E-state index contributed by atoms with van der Waals surface area (Å²) in [6.45, 7) is -1.53. The maximum Gasteiger partial charge on any atom is 0.471 e. The minimum absolute atomic E-state index is 0.0264. The summed E-state index contributed by atoms with van der Waals surface area (Å²) in [4.78, 5) is 65.0. The fourth-order valence-electron chi connectivity index (χ4n) is 5.54. The van der Waals surface area contributed by atoms with Gasteiger partial charge in [-0.1, -0.05) is 72.8 Å². The van der Waals surface area contributed by atoms with Crippen LogP contribution < -0.4 is 5.32 Å². The topological polar surface area (TPSA) is 171 Å². The number of benzene rings is 4. The summed E-state index contributed by atoms with van der Waals surface area (Å²) in [5, 5.41) is 1.69. The number of hydrogen-bond donors (Lipinski definition) is 1. The molecule has 1 N–H and O–H groups in total. The number of nitrogens with one attached hydrogen (secondary N) is 1. The molecule has 5 rings (SSSR count). The first-order valence-electron chi connectivity index (χ1n) is 18.3. The summed E-state index contributed by atoms with van der Waals surface area (Å²) in [5.41, 5.74) is 0.576. The molecule has 0 aromatic heterocycles. The first-order chi connectivity index (χ1) is 28.5. The second kappa shape index (κ2) is 22.1. The lowest BCUT2D eigenvalue weighted by Crippen LogP contribution is -2.63. The average Bonchev–Trinajstić information content (AvgIpc) is 3.25. The largest absolute Gasteiger partial charge is 0.471 e. The van der Waals surface area contributed by atoms with Crippen LogP contribution in [0.15, 0.2) is 121 Å². The summed E-state index contributed by atoms with van der Waals surface area (Å²) in [6, 6.07) is 31.7. The van der Waals surface area contributed by atoms with Crippen molar-refractivity contribution in [3.63, 3.8) is 0 Å². The van der Waals surface area contributed by atoms with E-state index in [0.717, 1.165) is 0 Å². The molecule has 0 spiro atoms. The fraction of sp³-hybridized carbons (Fsp3) is 0.310. The highest BCUT2D eigenvalue weighted by atomic mass is 19.4. The molecule has 4 aromatic carbocycles. The molecule has 1 fully saturated rings. The van der Waals surface area contributed by atoms with Crippen LogP contribution in [0, 0.1) is 0 Å². The van der Waals surface area contributed by atoms with Gasteiger partial charge in [0.1, 0.15) is 12.7 Å².